The summed E-state index contributed by atoms with van der Waals surface area (Å²) in [5, 5.41) is 15.2. The minimum Gasteiger partial charge on any atom is -0.462 e. The van der Waals surface area contributed by atoms with Gasteiger partial charge in [-0.25, -0.2) is 14.4 Å². The lowest BCUT2D eigenvalue weighted by Gasteiger charge is -2.30. The van der Waals surface area contributed by atoms with Crippen molar-refractivity contribution >= 4 is 41.8 Å². The van der Waals surface area contributed by atoms with Gasteiger partial charge < -0.3 is 44.2 Å². The van der Waals surface area contributed by atoms with Crippen molar-refractivity contribution in [2.75, 3.05) is 19.8 Å². The Balaban J connectivity index is 1.09. The van der Waals surface area contributed by atoms with Gasteiger partial charge >= 0.3 is 23.9 Å². The maximum absolute atomic E-state index is 13.7. The summed E-state index contributed by atoms with van der Waals surface area (Å²) in [6.45, 7) is 8.52. The minimum atomic E-state index is -1.03. The first-order valence-corrected chi connectivity index (χ1v) is 19.8. The van der Waals surface area contributed by atoms with E-state index >= 15 is 0 Å². The summed E-state index contributed by atoms with van der Waals surface area (Å²) in [6, 6.07) is 13.6. The molecule has 0 bridgehead atoms. The second kappa shape index (κ2) is 17.9. The fraction of sp³-hybridized carbons (Fsp3) is 0.500. The fourth-order valence-corrected chi connectivity index (χ4v) is 7.49. The largest absolute Gasteiger partial charge is 0.462 e. The number of nitrogens with one attached hydrogen (secondary N) is 2. The number of esters is 4. The average Bonchev–Trinajstić information content (AvgIpc) is 3.81. The number of ether oxygens (including phenoxy) is 6. The predicted molar refractivity (Wildman–Crippen MR) is 210 cm³/mol. The van der Waals surface area contributed by atoms with E-state index in [1.807, 2.05) is 24.3 Å². The molecule has 2 aliphatic carbocycles. The van der Waals surface area contributed by atoms with Crippen molar-refractivity contribution in [3.8, 4) is 0 Å². The van der Waals surface area contributed by atoms with Crippen LogP contribution in [0.4, 0.5) is 0 Å². The Morgan fingerprint density at radius 3 is 2.37 bits per heavy atom. The maximum atomic E-state index is 13.7. The number of cyclic esters (lactones) is 1. The number of aliphatic hydroxyl groups is 1. The zero-order chi connectivity index (χ0) is 42.5. The Hall–Kier alpha value is -5.38. The Kier molecular flexibility index (Phi) is 13.1. The van der Waals surface area contributed by atoms with E-state index in [0.29, 0.717) is 18.4 Å². The zero-order valence-corrected chi connectivity index (χ0v) is 33.9. The van der Waals surface area contributed by atoms with Gasteiger partial charge in [-0.15, -0.1) is 0 Å². The standard InChI is InChI=1S/C44H52N2O13/c1-42(2,3)58-36(50)16-14-31(24-47)46-34(48)17-18-45-39(51)30-20-32(37-33(21-30)57-44(59-37)22-28-10-6-7-11-29(28)23-44)55-40(52)27-12-8-9-26(19-27)13-15-35(49)56-38-41(53)54-25-43(38,4)5/h6-13,15,19,21,31-33,37-38,47H,14,16-18,20,22-25H2,1-5H3,(H,45,51)(H,46,48)/t31-,32+,33+,37-,38-/m0/s1. The van der Waals surface area contributed by atoms with Gasteiger partial charge in [0, 0.05) is 55.7 Å². The SMILES string of the molecule is CC(C)(C)OC(=O)CC[C@@H](CO)NC(=O)CCNC(=O)C1=C[C@H]2OC3(Cc4ccccc4C3)O[C@H]2[C@H](OC(=O)c2cccc(C=CC(=O)O[C@H]3C(=O)OCC3(C)C)c2)C1. The molecule has 2 aliphatic heterocycles. The topological polar surface area (TPSA) is 202 Å². The van der Waals surface area contributed by atoms with Crippen LogP contribution in [0.15, 0.2) is 66.3 Å². The molecule has 59 heavy (non-hydrogen) atoms. The monoisotopic (exact) mass is 816 g/mol. The molecule has 2 aromatic carbocycles. The first kappa shape index (κ1) is 43.2. The van der Waals surface area contributed by atoms with Crippen LogP contribution in [0.2, 0.25) is 0 Å². The number of carbonyl (C=O) groups excluding carboxylic acids is 6. The highest BCUT2D eigenvalue weighted by atomic mass is 16.8. The van der Waals surface area contributed by atoms with E-state index in [-0.39, 0.29) is 56.6 Å². The van der Waals surface area contributed by atoms with Crippen LogP contribution in [0.3, 0.4) is 0 Å². The van der Waals surface area contributed by atoms with E-state index in [2.05, 4.69) is 10.6 Å². The lowest BCUT2D eigenvalue weighted by molar-refractivity contribution is -0.172. The average molecular weight is 817 g/mol. The van der Waals surface area contributed by atoms with E-state index in [0.717, 1.165) is 17.2 Å². The molecule has 6 rings (SSSR count). The molecule has 2 fully saturated rings. The van der Waals surface area contributed by atoms with Crippen molar-refractivity contribution in [1.29, 1.82) is 0 Å². The van der Waals surface area contributed by atoms with Crippen LogP contribution in [0.25, 0.3) is 6.08 Å². The third-order valence-corrected chi connectivity index (χ3v) is 10.4. The van der Waals surface area contributed by atoms with Gasteiger partial charge in [-0.2, -0.15) is 0 Å². The number of hydrogen-bond donors (Lipinski definition) is 3. The molecule has 1 spiro atoms. The van der Waals surface area contributed by atoms with Crippen molar-refractivity contribution in [3.05, 3.63) is 88.5 Å². The van der Waals surface area contributed by atoms with Crippen LogP contribution in [-0.4, -0.2) is 102 Å². The highest BCUT2D eigenvalue weighted by Crippen LogP contribution is 2.45. The Morgan fingerprint density at radius 1 is 0.983 bits per heavy atom. The fourth-order valence-electron chi connectivity index (χ4n) is 7.49. The van der Waals surface area contributed by atoms with Crippen molar-refractivity contribution < 1.29 is 62.3 Å². The summed E-state index contributed by atoms with van der Waals surface area (Å²) in [4.78, 5) is 76.7. The van der Waals surface area contributed by atoms with Crippen molar-refractivity contribution in [2.24, 2.45) is 5.41 Å². The highest BCUT2D eigenvalue weighted by Gasteiger charge is 2.55. The number of carbonyl (C=O) groups is 6. The molecule has 2 saturated heterocycles. The minimum absolute atomic E-state index is 0.0000395. The number of hydrogen-bond acceptors (Lipinski definition) is 13. The molecule has 2 amide bonds. The van der Waals surface area contributed by atoms with E-state index in [4.69, 9.17) is 28.4 Å². The second-order valence-electron chi connectivity index (χ2n) is 17.0. The summed E-state index contributed by atoms with van der Waals surface area (Å²) in [5.41, 5.74) is 1.80. The van der Waals surface area contributed by atoms with Crippen LogP contribution in [-0.2, 0) is 65.2 Å². The molecule has 15 heteroatoms. The van der Waals surface area contributed by atoms with E-state index < -0.39 is 83.0 Å². The molecule has 15 nitrogen and oxygen atoms in total. The molecule has 4 aliphatic rings. The summed E-state index contributed by atoms with van der Waals surface area (Å²) < 4.78 is 34.9. The molecule has 2 heterocycles. The molecule has 5 atom stereocenters. The number of amides is 2. The van der Waals surface area contributed by atoms with E-state index in [1.165, 1.54) is 12.1 Å². The van der Waals surface area contributed by atoms with Crippen LogP contribution in [0.5, 0.6) is 0 Å². The molecular formula is C44H52N2O13. The molecular weight excluding hydrogens is 764 g/mol. The molecule has 0 radical (unpaired) electrons. The number of benzene rings is 2. The molecule has 0 aromatic heterocycles. The highest BCUT2D eigenvalue weighted by molar-refractivity contribution is 5.95. The Morgan fingerprint density at radius 2 is 1.71 bits per heavy atom. The summed E-state index contributed by atoms with van der Waals surface area (Å²) >= 11 is 0. The molecule has 0 unspecified atom stereocenters. The first-order valence-electron chi connectivity index (χ1n) is 19.8. The van der Waals surface area contributed by atoms with Gasteiger partial charge in [-0.1, -0.05) is 50.2 Å². The van der Waals surface area contributed by atoms with Crippen molar-refractivity contribution in [3.63, 3.8) is 0 Å². The van der Waals surface area contributed by atoms with Crippen molar-refractivity contribution in [2.45, 2.75) is 115 Å². The number of aliphatic hydroxyl groups excluding tert-OH is 1. The Bertz CT molecular complexity index is 1990. The third kappa shape index (κ3) is 11.0. The smallest absolute Gasteiger partial charge is 0.348 e. The normalized spacial score (nSPS) is 23.1. The molecule has 3 N–H and O–H groups in total. The van der Waals surface area contributed by atoms with Gasteiger partial charge in [0.05, 0.1) is 18.2 Å². The van der Waals surface area contributed by atoms with Gasteiger partial charge in [0.25, 0.3) is 0 Å². The van der Waals surface area contributed by atoms with E-state index in [9.17, 15) is 33.9 Å². The zero-order valence-electron chi connectivity index (χ0n) is 33.9. The summed E-state index contributed by atoms with van der Waals surface area (Å²) in [6.07, 6.45) is 1.94. The lowest BCUT2D eigenvalue weighted by Crippen LogP contribution is -2.44. The molecule has 2 aromatic rings. The van der Waals surface area contributed by atoms with Crippen LogP contribution >= 0.6 is 0 Å². The van der Waals surface area contributed by atoms with Crippen LogP contribution in [0.1, 0.15) is 87.4 Å². The Labute approximate surface area is 342 Å². The molecule has 0 saturated carbocycles. The van der Waals surface area contributed by atoms with E-state index in [1.54, 1.807) is 58.9 Å². The first-order chi connectivity index (χ1) is 27.9. The van der Waals surface area contributed by atoms with Gasteiger partial charge in [-0.3, -0.25) is 14.4 Å². The van der Waals surface area contributed by atoms with Crippen LogP contribution in [0, 0.1) is 5.41 Å². The predicted octanol–water partition coefficient (Wildman–Crippen LogP) is 3.43. The molecule has 316 valence electrons. The van der Waals surface area contributed by atoms with Gasteiger partial charge in [0.1, 0.15) is 30.5 Å². The van der Waals surface area contributed by atoms with Crippen LogP contribution < -0.4 is 10.6 Å². The summed E-state index contributed by atoms with van der Waals surface area (Å²) in [7, 11) is 0. The number of fused-ring (bicyclic) bond motifs is 2. The second-order valence-corrected chi connectivity index (χ2v) is 17.0. The quantitative estimate of drug-likeness (QED) is 0.142. The summed E-state index contributed by atoms with van der Waals surface area (Å²) in [5.74, 6) is -4.40. The van der Waals surface area contributed by atoms with Crippen molar-refractivity contribution in [1.82, 2.24) is 10.6 Å². The number of rotatable bonds is 14. The lowest BCUT2D eigenvalue weighted by atomic mass is 9.90. The maximum Gasteiger partial charge on any atom is 0.348 e. The van der Waals surface area contributed by atoms with Gasteiger partial charge in [0.2, 0.25) is 17.9 Å². The van der Waals surface area contributed by atoms with Gasteiger partial charge in [0.15, 0.2) is 5.79 Å². The third-order valence-electron chi connectivity index (χ3n) is 10.4. The van der Waals surface area contributed by atoms with Gasteiger partial charge in [-0.05, 0) is 68.2 Å².